The molecule has 0 saturated heterocycles. The molecule has 0 fully saturated rings. The van der Waals surface area contributed by atoms with Crippen LogP contribution in [0.25, 0.3) is 0 Å². The minimum atomic E-state index is -3.82. The number of imidazole rings is 1. The summed E-state index contributed by atoms with van der Waals surface area (Å²) in [7, 11) is -3.82. The molecule has 1 aromatic carbocycles. The lowest BCUT2D eigenvalue weighted by atomic mass is 9.99. The average molecular weight is 413 g/mol. The van der Waals surface area contributed by atoms with Gasteiger partial charge < -0.3 is 15.5 Å². The number of carbonyl (C=O) groups is 1. The van der Waals surface area contributed by atoms with Gasteiger partial charge in [-0.25, -0.2) is 13.4 Å². The highest BCUT2D eigenvalue weighted by Gasteiger charge is 2.39. The fourth-order valence-electron chi connectivity index (χ4n) is 3.37. The van der Waals surface area contributed by atoms with Crippen LogP contribution in [0, 0.1) is 0 Å². The second-order valence-electron chi connectivity index (χ2n) is 6.55. The molecule has 0 saturated carbocycles. The molecule has 1 unspecified atom stereocenters. The first-order valence-corrected chi connectivity index (χ1v) is 10.4. The highest BCUT2D eigenvalue weighted by Crippen LogP contribution is 2.37. The molecule has 3 N–H and O–H groups in total. The van der Waals surface area contributed by atoms with E-state index in [9.17, 15) is 13.2 Å². The Bertz CT molecular complexity index is 1110. The van der Waals surface area contributed by atoms with Gasteiger partial charge >= 0.3 is 0 Å². The van der Waals surface area contributed by atoms with Crippen molar-refractivity contribution in [3.8, 4) is 5.75 Å². The molecular weight excluding hydrogens is 394 g/mol. The Morgan fingerprint density at radius 1 is 1.28 bits per heavy atom. The zero-order chi connectivity index (χ0) is 20.4. The monoisotopic (exact) mass is 413 g/mol. The summed E-state index contributed by atoms with van der Waals surface area (Å²) in [5, 5.41) is 0. The number of nitrogens with one attached hydrogen (secondary N) is 1. The van der Waals surface area contributed by atoms with Crippen LogP contribution in [0.15, 0.2) is 60.0 Å². The smallest absolute Gasteiger partial charge is 0.255 e. The van der Waals surface area contributed by atoms with Crippen molar-refractivity contribution in [2.75, 3.05) is 13.2 Å². The number of hydrogen-bond acceptors (Lipinski definition) is 6. The van der Waals surface area contributed by atoms with E-state index < -0.39 is 22.0 Å². The molecule has 1 atom stereocenters. The van der Waals surface area contributed by atoms with Gasteiger partial charge in [0.15, 0.2) is 6.61 Å². The van der Waals surface area contributed by atoms with E-state index >= 15 is 0 Å². The maximum absolute atomic E-state index is 13.4. The largest absolute Gasteiger partial charge is 0.484 e. The van der Waals surface area contributed by atoms with Crippen molar-refractivity contribution in [3.63, 3.8) is 0 Å². The number of nitrogens with two attached hydrogens (primary N) is 1. The lowest BCUT2D eigenvalue weighted by molar-refractivity contribution is -0.119. The molecule has 10 heteroatoms. The number of hydrogen-bond donors (Lipinski definition) is 2. The highest BCUT2D eigenvalue weighted by atomic mass is 32.2. The summed E-state index contributed by atoms with van der Waals surface area (Å²) in [6.07, 6.45) is 5.40. The number of nitrogens with zero attached hydrogens (tertiary/aromatic N) is 3. The number of primary amides is 1. The van der Waals surface area contributed by atoms with Gasteiger partial charge in [-0.15, -0.1) is 0 Å². The number of pyridine rings is 1. The van der Waals surface area contributed by atoms with Gasteiger partial charge in [-0.05, 0) is 35.9 Å². The normalized spacial score (nSPS) is 16.9. The van der Waals surface area contributed by atoms with Crippen LogP contribution < -0.4 is 10.5 Å². The highest BCUT2D eigenvalue weighted by molar-refractivity contribution is 7.89. The van der Waals surface area contributed by atoms with Gasteiger partial charge in [0.25, 0.3) is 5.91 Å². The van der Waals surface area contributed by atoms with Crippen molar-refractivity contribution < 1.29 is 17.9 Å². The third kappa shape index (κ3) is 3.71. The van der Waals surface area contributed by atoms with E-state index in [4.69, 9.17) is 10.5 Å². The first kappa shape index (κ1) is 19.1. The Morgan fingerprint density at radius 3 is 2.76 bits per heavy atom. The molecule has 0 bridgehead atoms. The molecule has 0 radical (unpaired) electrons. The molecule has 3 heterocycles. The van der Waals surface area contributed by atoms with Crippen LogP contribution in [0.3, 0.4) is 0 Å². The molecule has 150 valence electrons. The number of carbonyl (C=O) groups excluding carboxylic acids is 1. The summed E-state index contributed by atoms with van der Waals surface area (Å²) in [6, 6.07) is 8.93. The molecule has 2 aromatic heterocycles. The molecule has 0 aliphatic carbocycles. The van der Waals surface area contributed by atoms with Crippen LogP contribution in [0.4, 0.5) is 0 Å². The number of sulfonamides is 1. The molecular formula is C19H19N5O4S. The van der Waals surface area contributed by atoms with Crippen molar-refractivity contribution in [3.05, 3.63) is 72.1 Å². The predicted molar refractivity (Wildman–Crippen MR) is 103 cm³/mol. The fourth-order valence-corrected chi connectivity index (χ4v) is 4.96. The summed E-state index contributed by atoms with van der Waals surface area (Å²) in [5.74, 6) is -0.246. The van der Waals surface area contributed by atoms with Gasteiger partial charge in [0.1, 0.15) is 5.75 Å². The third-order valence-corrected chi connectivity index (χ3v) is 6.57. The van der Waals surface area contributed by atoms with Crippen LogP contribution in [0.1, 0.15) is 23.0 Å². The van der Waals surface area contributed by atoms with E-state index in [2.05, 4.69) is 15.0 Å². The number of benzene rings is 1. The molecule has 1 aliphatic rings. The van der Waals surface area contributed by atoms with Gasteiger partial charge in [-0.2, -0.15) is 4.31 Å². The van der Waals surface area contributed by atoms with E-state index in [0.717, 1.165) is 11.3 Å². The number of aromatic amines is 1. The summed E-state index contributed by atoms with van der Waals surface area (Å²) in [6.45, 7) is 0.0280. The maximum Gasteiger partial charge on any atom is 0.255 e. The zero-order valence-corrected chi connectivity index (χ0v) is 16.2. The van der Waals surface area contributed by atoms with E-state index in [1.807, 2.05) is 6.07 Å². The van der Waals surface area contributed by atoms with E-state index in [1.165, 1.54) is 28.6 Å². The lowest BCUT2D eigenvalue weighted by Crippen LogP contribution is -2.40. The summed E-state index contributed by atoms with van der Waals surface area (Å²) >= 11 is 0. The molecule has 1 amide bonds. The van der Waals surface area contributed by atoms with Gasteiger partial charge in [0, 0.05) is 31.1 Å². The molecule has 29 heavy (non-hydrogen) atoms. The van der Waals surface area contributed by atoms with E-state index in [0.29, 0.717) is 24.4 Å². The summed E-state index contributed by atoms with van der Waals surface area (Å²) in [4.78, 5) is 22.6. The lowest BCUT2D eigenvalue weighted by Gasteiger charge is -2.34. The molecule has 0 spiro atoms. The Labute approximate surface area is 167 Å². The second-order valence-corrected chi connectivity index (χ2v) is 8.44. The van der Waals surface area contributed by atoms with Crippen LogP contribution in [-0.2, 0) is 21.2 Å². The van der Waals surface area contributed by atoms with Gasteiger partial charge in [-0.3, -0.25) is 9.78 Å². The summed E-state index contributed by atoms with van der Waals surface area (Å²) in [5.41, 5.74) is 7.39. The van der Waals surface area contributed by atoms with Crippen molar-refractivity contribution in [1.29, 1.82) is 0 Å². The Morgan fingerprint density at radius 2 is 2.07 bits per heavy atom. The number of H-pyrrole nitrogens is 1. The minimum absolute atomic E-state index is 0.122. The topological polar surface area (TPSA) is 131 Å². The Kier molecular flexibility index (Phi) is 5.03. The fraction of sp³-hybridized carbons (Fsp3) is 0.211. The number of ether oxygens (including phenoxy) is 1. The van der Waals surface area contributed by atoms with Crippen LogP contribution in [0.2, 0.25) is 0 Å². The quantitative estimate of drug-likeness (QED) is 0.620. The third-order valence-electron chi connectivity index (χ3n) is 4.69. The molecule has 4 rings (SSSR count). The van der Waals surface area contributed by atoms with Crippen LogP contribution in [-0.4, -0.2) is 46.7 Å². The van der Waals surface area contributed by atoms with Crippen molar-refractivity contribution in [2.45, 2.75) is 17.4 Å². The predicted octanol–water partition coefficient (Wildman–Crippen LogP) is 1.01. The number of fused-ring (bicyclic) bond motifs is 1. The van der Waals surface area contributed by atoms with Crippen molar-refractivity contribution in [1.82, 2.24) is 19.3 Å². The average Bonchev–Trinajstić information content (AvgIpc) is 3.21. The van der Waals surface area contributed by atoms with E-state index in [-0.39, 0.29) is 11.5 Å². The standard InChI is InChI=1S/C19H19N5O4S/c20-17(25)11-28-14-3-5-15(6-4-14)29(26,27)24-9-7-16-18(23-12-22-16)19(24)13-2-1-8-21-10-13/h1-6,8,10,12,19H,7,9,11H2,(H2,20,25)(H,22,23). The minimum Gasteiger partial charge on any atom is -0.484 e. The SMILES string of the molecule is NC(=O)COc1ccc(S(=O)(=O)N2CCc3[nH]cnc3C2c2cccnc2)cc1. The zero-order valence-electron chi connectivity index (χ0n) is 15.4. The van der Waals surface area contributed by atoms with Crippen LogP contribution in [0.5, 0.6) is 5.75 Å². The van der Waals surface area contributed by atoms with Crippen molar-refractivity contribution >= 4 is 15.9 Å². The summed E-state index contributed by atoms with van der Waals surface area (Å²) < 4.78 is 33.5. The second kappa shape index (κ2) is 7.64. The van der Waals surface area contributed by atoms with Gasteiger partial charge in [0.05, 0.1) is 23.0 Å². The van der Waals surface area contributed by atoms with Crippen molar-refractivity contribution in [2.24, 2.45) is 5.73 Å². The maximum atomic E-state index is 13.4. The van der Waals surface area contributed by atoms with Gasteiger partial charge in [-0.1, -0.05) is 6.07 Å². The van der Waals surface area contributed by atoms with Gasteiger partial charge in [0.2, 0.25) is 10.0 Å². The molecule has 9 nitrogen and oxygen atoms in total. The molecule has 1 aliphatic heterocycles. The van der Waals surface area contributed by atoms with E-state index in [1.54, 1.807) is 24.8 Å². The first-order chi connectivity index (χ1) is 14.0. The Hall–Kier alpha value is -3.24. The van der Waals surface area contributed by atoms with Crippen LogP contribution >= 0.6 is 0 Å². The molecule has 3 aromatic rings. The number of amides is 1. The first-order valence-electron chi connectivity index (χ1n) is 8.92. The number of aromatic nitrogens is 3. The number of rotatable bonds is 6. The Balaban J connectivity index is 1.69.